The number of imidazole rings is 1. The Morgan fingerprint density at radius 1 is 1.24 bits per heavy atom. The summed E-state index contributed by atoms with van der Waals surface area (Å²) in [6.45, 7) is 11.3. The molecule has 29 heavy (non-hydrogen) atoms. The van der Waals surface area contributed by atoms with Gasteiger partial charge in [0.1, 0.15) is 0 Å². The number of fused-ring (bicyclic) bond motifs is 1. The highest BCUT2D eigenvalue weighted by Gasteiger charge is 2.23. The van der Waals surface area contributed by atoms with E-state index < -0.39 is 10.0 Å². The number of thioether (sulfide) groups is 1. The Balaban J connectivity index is 2.40. The van der Waals surface area contributed by atoms with Gasteiger partial charge in [-0.15, -0.1) is 0 Å². The SMILES string of the molecule is CCCCn1c(SCC(=O)NC(C)C)nc2cc(S(=O)(=O)N(CC)CC)ccc21. The molecule has 162 valence electrons. The monoisotopic (exact) mass is 440 g/mol. The van der Waals surface area contributed by atoms with Crippen molar-refractivity contribution in [3.8, 4) is 0 Å². The molecule has 0 aliphatic heterocycles. The largest absolute Gasteiger partial charge is 0.353 e. The van der Waals surface area contributed by atoms with Crippen LogP contribution in [0.3, 0.4) is 0 Å². The van der Waals surface area contributed by atoms with Crippen LogP contribution in [0.15, 0.2) is 28.3 Å². The van der Waals surface area contributed by atoms with Crippen LogP contribution in [0.4, 0.5) is 0 Å². The van der Waals surface area contributed by atoms with Gasteiger partial charge in [0.2, 0.25) is 15.9 Å². The minimum Gasteiger partial charge on any atom is -0.353 e. The molecule has 0 saturated carbocycles. The third kappa shape index (κ3) is 5.73. The number of sulfonamides is 1. The summed E-state index contributed by atoms with van der Waals surface area (Å²) < 4.78 is 29.2. The van der Waals surface area contributed by atoms with Gasteiger partial charge in [0.05, 0.1) is 21.7 Å². The van der Waals surface area contributed by atoms with Gasteiger partial charge in [-0.2, -0.15) is 4.31 Å². The number of benzene rings is 1. The number of hydrogen-bond donors (Lipinski definition) is 1. The third-order valence-corrected chi connectivity index (χ3v) is 7.57. The van der Waals surface area contributed by atoms with Crippen LogP contribution in [-0.2, 0) is 21.4 Å². The van der Waals surface area contributed by atoms with Crippen LogP contribution < -0.4 is 5.32 Å². The zero-order valence-electron chi connectivity index (χ0n) is 17.9. The van der Waals surface area contributed by atoms with Gasteiger partial charge in [0.15, 0.2) is 5.16 Å². The molecule has 0 radical (unpaired) electrons. The lowest BCUT2D eigenvalue weighted by Crippen LogP contribution is -2.31. The standard InChI is InChI=1S/C20H32N4O3S2/c1-6-9-12-24-18-11-10-16(29(26,27)23(7-2)8-3)13-17(18)22-20(24)28-14-19(25)21-15(4)5/h10-11,13,15H,6-9,12,14H2,1-5H3,(H,21,25). The predicted molar refractivity (Wildman–Crippen MR) is 119 cm³/mol. The molecule has 9 heteroatoms. The molecule has 0 unspecified atom stereocenters. The van der Waals surface area contributed by atoms with E-state index in [0.717, 1.165) is 30.1 Å². The molecule has 7 nitrogen and oxygen atoms in total. The number of aromatic nitrogens is 2. The number of unbranched alkanes of at least 4 members (excludes halogenated alkanes) is 1. The Morgan fingerprint density at radius 3 is 2.52 bits per heavy atom. The van der Waals surface area contributed by atoms with E-state index in [-0.39, 0.29) is 22.6 Å². The van der Waals surface area contributed by atoms with E-state index in [9.17, 15) is 13.2 Å². The van der Waals surface area contributed by atoms with Crippen LogP contribution in [-0.4, -0.2) is 53.1 Å². The molecule has 1 amide bonds. The Bertz CT molecular complexity index is 935. The van der Waals surface area contributed by atoms with Crippen molar-refractivity contribution >= 4 is 38.7 Å². The smallest absolute Gasteiger partial charge is 0.243 e. The van der Waals surface area contributed by atoms with Crippen LogP contribution in [0, 0.1) is 0 Å². The zero-order chi connectivity index (χ0) is 21.6. The maximum Gasteiger partial charge on any atom is 0.243 e. The first-order valence-electron chi connectivity index (χ1n) is 10.2. The molecule has 0 bridgehead atoms. The summed E-state index contributed by atoms with van der Waals surface area (Å²) in [6, 6.07) is 5.21. The summed E-state index contributed by atoms with van der Waals surface area (Å²) in [5, 5.41) is 3.62. The molecule has 2 aromatic rings. The molecular weight excluding hydrogens is 408 g/mol. The maximum absolute atomic E-state index is 12.9. The molecule has 1 heterocycles. The quantitative estimate of drug-likeness (QED) is 0.541. The van der Waals surface area contributed by atoms with Crippen LogP contribution in [0.2, 0.25) is 0 Å². The highest BCUT2D eigenvalue weighted by Crippen LogP contribution is 2.27. The number of carbonyl (C=O) groups is 1. The second-order valence-corrected chi connectivity index (χ2v) is 10.0. The molecule has 1 N–H and O–H groups in total. The van der Waals surface area contributed by atoms with Crippen LogP contribution in [0.5, 0.6) is 0 Å². The topological polar surface area (TPSA) is 84.3 Å². The number of carbonyl (C=O) groups excluding carboxylic acids is 1. The van der Waals surface area contributed by atoms with E-state index in [4.69, 9.17) is 0 Å². The van der Waals surface area contributed by atoms with Crippen molar-refractivity contribution in [2.24, 2.45) is 0 Å². The fourth-order valence-electron chi connectivity index (χ4n) is 3.10. The second-order valence-electron chi connectivity index (χ2n) is 7.15. The highest BCUT2D eigenvalue weighted by molar-refractivity contribution is 7.99. The van der Waals surface area contributed by atoms with Gasteiger partial charge >= 0.3 is 0 Å². The van der Waals surface area contributed by atoms with Gasteiger partial charge in [0.25, 0.3) is 0 Å². The lowest BCUT2D eigenvalue weighted by atomic mass is 10.3. The molecule has 0 saturated heterocycles. The Labute approximate surface area is 178 Å². The molecule has 1 aromatic carbocycles. The Kier molecular flexibility index (Phi) is 8.54. The number of rotatable bonds is 11. The van der Waals surface area contributed by atoms with E-state index in [1.165, 1.54) is 16.1 Å². The highest BCUT2D eigenvalue weighted by atomic mass is 32.2. The van der Waals surface area contributed by atoms with E-state index in [2.05, 4.69) is 21.8 Å². The molecule has 2 rings (SSSR count). The fraction of sp³-hybridized carbons (Fsp3) is 0.600. The number of aryl methyl sites for hydroxylation is 1. The summed E-state index contributed by atoms with van der Waals surface area (Å²) >= 11 is 1.38. The van der Waals surface area contributed by atoms with Crippen molar-refractivity contribution in [2.45, 2.75) is 70.1 Å². The van der Waals surface area contributed by atoms with Crippen molar-refractivity contribution in [3.63, 3.8) is 0 Å². The number of amides is 1. The lowest BCUT2D eigenvalue weighted by Gasteiger charge is -2.18. The summed E-state index contributed by atoms with van der Waals surface area (Å²) in [5.74, 6) is 0.238. The van der Waals surface area contributed by atoms with Crippen molar-refractivity contribution in [1.29, 1.82) is 0 Å². The van der Waals surface area contributed by atoms with Crippen LogP contribution in [0.25, 0.3) is 11.0 Å². The summed E-state index contributed by atoms with van der Waals surface area (Å²) in [6.07, 6.45) is 2.02. The second kappa shape index (κ2) is 10.4. The van der Waals surface area contributed by atoms with Gasteiger partial charge in [-0.25, -0.2) is 13.4 Å². The van der Waals surface area contributed by atoms with Crippen LogP contribution in [0.1, 0.15) is 47.5 Å². The first-order valence-corrected chi connectivity index (χ1v) is 12.6. The molecule has 0 fully saturated rings. The predicted octanol–water partition coefficient (Wildman–Crippen LogP) is 3.48. The Hall–Kier alpha value is -1.58. The van der Waals surface area contributed by atoms with E-state index >= 15 is 0 Å². The van der Waals surface area contributed by atoms with Crippen molar-refractivity contribution in [2.75, 3.05) is 18.8 Å². The number of hydrogen-bond acceptors (Lipinski definition) is 5. The summed E-state index contributed by atoms with van der Waals surface area (Å²) in [7, 11) is -3.54. The first-order chi connectivity index (χ1) is 13.7. The minimum atomic E-state index is -3.54. The van der Waals surface area contributed by atoms with E-state index in [1.54, 1.807) is 12.1 Å². The first kappa shape index (κ1) is 23.7. The molecule has 0 aliphatic rings. The van der Waals surface area contributed by atoms with Crippen molar-refractivity contribution in [1.82, 2.24) is 19.2 Å². The summed E-state index contributed by atoms with van der Waals surface area (Å²) in [4.78, 5) is 17.0. The van der Waals surface area contributed by atoms with E-state index in [1.807, 2.05) is 33.8 Å². The van der Waals surface area contributed by atoms with Crippen molar-refractivity contribution < 1.29 is 13.2 Å². The van der Waals surface area contributed by atoms with Crippen molar-refractivity contribution in [3.05, 3.63) is 18.2 Å². The average molecular weight is 441 g/mol. The zero-order valence-corrected chi connectivity index (χ0v) is 19.6. The molecule has 0 atom stereocenters. The fourth-order valence-corrected chi connectivity index (χ4v) is 5.43. The van der Waals surface area contributed by atoms with Gasteiger partial charge in [-0.3, -0.25) is 4.79 Å². The molecule has 0 aliphatic carbocycles. The normalized spacial score (nSPS) is 12.2. The third-order valence-electron chi connectivity index (χ3n) is 4.55. The van der Waals surface area contributed by atoms with Gasteiger partial charge in [-0.05, 0) is 38.5 Å². The number of nitrogens with zero attached hydrogens (tertiary/aromatic N) is 3. The molecule has 0 spiro atoms. The van der Waals surface area contributed by atoms with Gasteiger partial charge in [-0.1, -0.05) is 39.0 Å². The summed E-state index contributed by atoms with van der Waals surface area (Å²) in [5.41, 5.74) is 1.53. The van der Waals surface area contributed by atoms with Crippen LogP contribution >= 0.6 is 11.8 Å². The lowest BCUT2D eigenvalue weighted by molar-refractivity contribution is -0.119. The van der Waals surface area contributed by atoms with Gasteiger partial charge < -0.3 is 9.88 Å². The van der Waals surface area contributed by atoms with Gasteiger partial charge in [0, 0.05) is 25.7 Å². The number of nitrogens with one attached hydrogen (secondary N) is 1. The van der Waals surface area contributed by atoms with E-state index in [0.29, 0.717) is 18.6 Å². The Morgan fingerprint density at radius 2 is 1.93 bits per heavy atom. The minimum absolute atomic E-state index is 0.0381. The molecule has 1 aromatic heterocycles. The molecular formula is C20H32N4O3S2. The maximum atomic E-state index is 12.9. The average Bonchev–Trinajstić information content (AvgIpc) is 3.01.